The van der Waals surface area contributed by atoms with Crippen LogP contribution < -0.4 is 15.5 Å². The summed E-state index contributed by atoms with van der Waals surface area (Å²) in [5, 5.41) is 5.70. The molecule has 1 fully saturated rings. The zero-order valence-corrected chi connectivity index (χ0v) is 19.2. The first kappa shape index (κ1) is 22.5. The molecule has 9 heteroatoms. The van der Waals surface area contributed by atoms with Crippen LogP contribution in [0, 0.1) is 5.92 Å². The quantitative estimate of drug-likeness (QED) is 0.615. The van der Waals surface area contributed by atoms with Gasteiger partial charge in [0.1, 0.15) is 12.6 Å². The summed E-state index contributed by atoms with van der Waals surface area (Å²) in [6.07, 6.45) is 0.518. The summed E-state index contributed by atoms with van der Waals surface area (Å²) in [7, 11) is 0. The van der Waals surface area contributed by atoms with E-state index in [1.165, 1.54) is 11.3 Å². The van der Waals surface area contributed by atoms with Gasteiger partial charge in [-0.15, -0.1) is 11.3 Å². The first-order valence-corrected chi connectivity index (χ1v) is 11.3. The van der Waals surface area contributed by atoms with E-state index < -0.39 is 6.04 Å². The monoisotopic (exact) mass is 493 g/mol. The van der Waals surface area contributed by atoms with Crippen LogP contribution in [0.25, 0.3) is 0 Å². The number of carbonyl (C=O) groups excluding carboxylic acids is 3. The number of hydrogen-bond acceptors (Lipinski definition) is 5. The lowest BCUT2D eigenvalue weighted by Gasteiger charge is -2.27. The minimum atomic E-state index is -0.654. The highest BCUT2D eigenvalue weighted by Crippen LogP contribution is 2.23. The van der Waals surface area contributed by atoms with E-state index >= 15 is 0 Å². The van der Waals surface area contributed by atoms with Gasteiger partial charge in [0.2, 0.25) is 5.91 Å². The van der Waals surface area contributed by atoms with Gasteiger partial charge in [-0.2, -0.15) is 0 Å². The summed E-state index contributed by atoms with van der Waals surface area (Å²) < 4.78 is 6.01. The van der Waals surface area contributed by atoms with Gasteiger partial charge in [-0.1, -0.05) is 13.8 Å². The van der Waals surface area contributed by atoms with Gasteiger partial charge in [-0.25, -0.2) is 0 Å². The molecule has 0 spiro atoms. The summed E-state index contributed by atoms with van der Waals surface area (Å²) >= 11 is 4.67. The molecule has 0 saturated carbocycles. The fraction of sp³-hybridized carbons (Fsp3) is 0.381. The maximum atomic E-state index is 12.8. The van der Waals surface area contributed by atoms with Crippen LogP contribution in [0.4, 0.5) is 11.4 Å². The summed E-state index contributed by atoms with van der Waals surface area (Å²) in [6, 6.07) is 9.95. The predicted octanol–water partition coefficient (Wildman–Crippen LogP) is 3.66. The third-order valence-corrected chi connectivity index (χ3v) is 6.18. The van der Waals surface area contributed by atoms with Crippen molar-refractivity contribution in [2.45, 2.75) is 26.3 Å². The van der Waals surface area contributed by atoms with Gasteiger partial charge in [0.25, 0.3) is 11.8 Å². The van der Waals surface area contributed by atoms with Crippen LogP contribution in [-0.2, 0) is 14.3 Å². The molecule has 1 saturated heterocycles. The van der Waals surface area contributed by atoms with Crippen molar-refractivity contribution >= 4 is 56.4 Å². The van der Waals surface area contributed by atoms with Crippen LogP contribution >= 0.6 is 27.3 Å². The molecular weight excluding hydrogens is 470 g/mol. The van der Waals surface area contributed by atoms with Crippen molar-refractivity contribution in [3.05, 3.63) is 45.1 Å². The van der Waals surface area contributed by atoms with Crippen LogP contribution in [0.1, 0.15) is 29.9 Å². The number of anilines is 2. The molecule has 1 aliphatic heterocycles. The zero-order valence-electron chi connectivity index (χ0n) is 16.8. The van der Waals surface area contributed by atoms with E-state index in [1.54, 1.807) is 41.3 Å². The molecular formula is C21H24BrN3O4S. The van der Waals surface area contributed by atoms with Crippen LogP contribution in [0.5, 0.6) is 0 Å². The van der Waals surface area contributed by atoms with Crippen LogP contribution in [0.3, 0.4) is 0 Å². The first-order chi connectivity index (χ1) is 14.3. The Morgan fingerprint density at radius 2 is 1.93 bits per heavy atom. The topological polar surface area (TPSA) is 87.7 Å². The van der Waals surface area contributed by atoms with Crippen molar-refractivity contribution in [1.29, 1.82) is 0 Å². The molecule has 0 bridgehead atoms. The molecule has 0 radical (unpaired) electrons. The van der Waals surface area contributed by atoms with E-state index in [0.717, 1.165) is 9.47 Å². The summed E-state index contributed by atoms with van der Waals surface area (Å²) in [5.41, 5.74) is 1.36. The van der Waals surface area contributed by atoms with Crippen molar-refractivity contribution in [3.8, 4) is 0 Å². The third-order valence-electron chi connectivity index (χ3n) is 4.56. The highest BCUT2D eigenvalue weighted by atomic mass is 79.9. The molecule has 30 heavy (non-hydrogen) atoms. The number of nitrogens with one attached hydrogen (secondary N) is 2. The third kappa shape index (κ3) is 5.90. The molecule has 2 heterocycles. The maximum absolute atomic E-state index is 12.8. The Kier molecular flexibility index (Phi) is 7.63. The van der Waals surface area contributed by atoms with Gasteiger partial charge in [0.05, 0.1) is 15.3 Å². The number of halogens is 1. The zero-order chi connectivity index (χ0) is 21.7. The Labute approximate surface area is 187 Å². The van der Waals surface area contributed by atoms with Crippen molar-refractivity contribution in [2.24, 2.45) is 5.92 Å². The van der Waals surface area contributed by atoms with Crippen molar-refractivity contribution in [3.63, 3.8) is 0 Å². The largest absolute Gasteiger partial charge is 0.370 e. The standard InChI is InChI=1S/C21H24BrN3O4S/c1-13(2)11-16(24-21(28)17-7-8-18(22)30-17)20(27)23-14-3-5-15(6-4-14)25-9-10-29-12-19(25)26/h3-8,13,16H,9-12H2,1-2H3,(H,23,27)(H,24,28)/t16-/m1/s1. The molecule has 2 aromatic rings. The molecule has 1 aromatic heterocycles. The Hall–Kier alpha value is -2.23. The van der Waals surface area contributed by atoms with Crippen LogP contribution in [0.2, 0.25) is 0 Å². The minimum absolute atomic E-state index is 0.0792. The number of rotatable bonds is 7. The first-order valence-electron chi connectivity index (χ1n) is 9.68. The smallest absolute Gasteiger partial charge is 0.262 e. The van der Waals surface area contributed by atoms with E-state index in [-0.39, 0.29) is 30.2 Å². The lowest BCUT2D eigenvalue weighted by atomic mass is 10.0. The second kappa shape index (κ2) is 10.2. The van der Waals surface area contributed by atoms with Crippen molar-refractivity contribution in [1.82, 2.24) is 5.32 Å². The van der Waals surface area contributed by atoms with Gasteiger partial charge in [0, 0.05) is 17.9 Å². The second-order valence-corrected chi connectivity index (χ2v) is 9.86. The molecule has 0 aliphatic carbocycles. The van der Waals surface area contributed by atoms with Gasteiger partial charge in [-0.3, -0.25) is 14.4 Å². The Bertz CT molecular complexity index is 913. The van der Waals surface area contributed by atoms with Crippen LogP contribution in [0.15, 0.2) is 40.2 Å². The number of morpholine rings is 1. The SMILES string of the molecule is CC(C)C[C@@H](NC(=O)c1ccc(Br)s1)C(=O)Nc1ccc(N2CCOCC2=O)cc1. The summed E-state index contributed by atoms with van der Waals surface area (Å²) in [4.78, 5) is 39.5. The maximum Gasteiger partial charge on any atom is 0.262 e. The summed E-state index contributed by atoms with van der Waals surface area (Å²) in [6.45, 7) is 5.09. The molecule has 1 aromatic carbocycles. The molecule has 1 atom stereocenters. The molecule has 7 nitrogen and oxygen atoms in total. The number of ether oxygens (including phenoxy) is 1. The fourth-order valence-electron chi connectivity index (χ4n) is 3.11. The Morgan fingerprint density at radius 3 is 2.53 bits per heavy atom. The normalized spacial score (nSPS) is 15.2. The number of amides is 3. The number of carbonyl (C=O) groups is 3. The molecule has 3 rings (SSSR count). The molecule has 0 unspecified atom stereocenters. The Balaban J connectivity index is 1.65. The minimum Gasteiger partial charge on any atom is -0.370 e. The fourth-order valence-corrected chi connectivity index (χ4v) is 4.40. The number of benzene rings is 1. The van der Waals surface area contributed by atoms with E-state index in [0.29, 0.717) is 30.1 Å². The summed E-state index contributed by atoms with van der Waals surface area (Å²) in [5.74, 6) is -0.403. The molecule has 160 valence electrons. The second-order valence-electron chi connectivity index (χ2n) is 7.39. The van der Waals surface area contributed by atoms with E-state index in [9.17, 15) is 14.4 Å². The number of nitrogens with zero attached hydrogens (tertiary/aromatic N) is 1. The van der Waals surface area contributed by atoms with E-state index in [4.69, 9.17) is 4.74 Å². The Morgan fingerprint density at radius 1 is 1.20 bits per heavy atom. The lowest BCUT2D eigenvalue weighted by Crippen LogP contribution is -2.44. The molecule has 3 amide bonds. The predicted molar refractivity (Wildman–Crippen MR) is 121 cm³/mol. The van der Waals surface area contributed by atoms with Gasteiger partial charge < -0.3 is 20.3 Å². The number of hydrogen-bond donors (Lipinski definition) is 2. The highest BCUT2D eigenvalue weighted by molar-refractivity contribution is 9.11. The van der Waals surface area contributed by atoms with Gasteiger partial charge in [0.15, 0.2) is 0 Å². The van der Waals surface area contributed by atoms with E-state index in [2.05, 4.69) is 26.6 Å². The van der Waals surface area contributed by atoms with Crippen molar-refractivity contribution in [2.75, 3.05) is 30.0 Å². The lowest BCUT2D eigenvalue weighted by molar-refractivity contribution is -0.125. The average Bonchev–Trinajstić information content (AvgIpc) is 3.15. The molecule has 2 N–H and O–H groups in total. The number of thiophene rings is 1. The van der Waals surface area contributed by atoms with Crippen LogP contribution in [-0.4, -0.2) is 43.5 Å². The highest BCUT2D eigenvalue weighted by Gasteiger charge is 2.24. The van der Waals surface area contributed by atoms with E-state index in [1.807, 2.05) is 13.8 Å². The van der Waals surface area contributed by atoms with Gasteiger partial charge in [-0.05, 0) is 64.7 Å². The molecule has 1 aliphatic rings. The van der Waals surface area contributed by atoms with Gasteiger partial charge >= 0.3 is 0 Å². The average molecular weight is 494 g/mol. The van der Waals surface area contributed by atoms with Crippen molar-refractivity contribution < 1.29 is 19.1 Å².